The summed E-state index contributed by atoms with van der Waals surface area (Å²) < 4.78 is 11.6. The van der Waals surface area contributed by atoms with Crippen LogP contribution < -0.4 is 14.8 Å². The predicted octanol–water partition coefficient (Wildman–Crippen LogP) is 5.12. The molecule has 1 amide bonds. The van der Waals surface area contributed by atoms with Gasteiger partial charge < -0.3 is 9.47 Å². The molecule has 0 saturated carbocycles. The quantitative estimate of drug-likeness (QED) is 0.528. The van der Waals surface area contributed by atoms with Gasteiger partial charge in [0.05, 0.1) is 11.6 Å². The summed E-state index contributed by atoms with van der Waals surface area (Å²) in [6.45, 7) is 4.13. The summed E-state index contributed by atoms with van der Waals surface area (Å²) in [4.78, 5) is 12.2. The second-order valence-electron chi connectivity index (χ2n) is 6.32. The van der Waals surface area contributed by atoms with Crippen molar-refractivity contribution in [3.8, 4) is 22.1 Å². The Hall–Kier alpha value is -2.45. The van der Waals surface area contributed by atoms with E-state index >= 15 is 0 Å². The molecule has 0 aliphatic carbocycles. The third-order valence-electron chi connectivity index (χ3n) is 3.99. The summed E-state index contributed by atoms with van der Waals surface area (Å²) in [5, 5.41) is 12.0. The highest BCUT2D eigenvalue weighted by Crippen LogP contribution is 2.30. The summed E-state index contributed by atoms with van der Waals surface area (Å²) in [5.74, 6) is 1.52. The Kier molecular flexibility index (Phi) is 6.64. The van der Waals surface area contributed by atoms with Crippen LogP contribution >= 0.6 is 27.3 Å². The van der Waals surface area contributed by atoms with Crippen LogP contribution in [0.3, 0.4) is 0 Å². The van der Waals surface area contributed by atoms with Gasteiger partial charge in [-0.2, -0.15) is 0 Å². The minimum Gasteiger partial charge on any atom is -0.497 e. The zero-order chi connectivity index (χ0) is 20.1. The first-order valence-corrected chi connectivity index (χ1v) is 10.3. The monoisotopic (exact) mass is 461 g/mol. The molecule has 6 nitrogen and oxygen atoms in total. The first-order valence-electron chi connectivity index (χ1n) is 8.66. The number of aromatic nitrogens is 2. The Bertz CT molecular complexity index is 958. The normalized spacial score (nSPS) is 10.8. The van der Waals surface area contributed by atoms with Crippen molar-refractivity contribution in [1.29, 1.82) is 0 Å². The highest BCUT2D eigenvalue weighted by molar-refractivity contribution is 9.10. The first-order chi connectivity index (χ1) is 13.5. The number of amides is 1. The lowest BCUT2D eigenvalue weighted by Crippen LogP contribution is -2.20. The number of methoxy groups -OCH3 is 1. The van der Waals surface area contributed by atoms with E-state index in [0.29, 0.717) is 21.8 Å². The van der Waals surface area contributed by atoms with Gasteiger partial charge in [0, 0.05) is 5.56 Å². The topological polar surface area (TPSA) is 73.3 Å². The fourth-order valence-corrected chi connectivity index (χ4v) is 3.69. The lowest BCUT2D eigenvalue weighted by Gasteiger charge is -2.11. The number of rotatable bonds is 7. The van der Waals surface area contributed by atoms with Crippen molar-refractivity contribution in [2.24, 2.45) is 0 Å². The van der Waals surface area contributed by atoms with Crippen LogP contribution in [0.4, 0.5) is 5.13 Å². The van der Waals surface area contributed by atoms with E-state index in [1.165, 1.54) is 16.9 Å². The molecule has 0 radical (unpaired) electrons. The molecule has 0 atom stereocenters. The molecule has 146 valence electrons. The van der Waals surface area contributed by atoms with Gasteiger partial charge in [-0.25, -0.2) is 0 Å². The van der Waals surface area contributed by atoms with Crippen LogP contribution in [-0.2, 0) is 4.79 Å². The fourth-order valence-electron chi connectivity index (χ4n) is 2.42. The van der Waals surface area contributed by atoms with E-state index in [2.05, 4.69) is 45.3 Å². The molecule has 0 spiro atoms. The second kappa shape index (κ2) is 9.16. The molecule has 1 N–H and O–H groups in total. The Morgan fingerprint density at radius 3 is 2.57 bits per heavy atom. The summed E-state index contributed by atoms with van der Waals surface area (Å²) in [7, 11) is 1.62. The molecule has 0 aliphatic heterocycles. The molecule has 0 aliphatic rings. The molecule has 0 saturated heterocycles. The number of hydrogen-bond acceptors (Lipinski definition) is 6. The maximum atomic E-state index is 12.2. The SMILES string of the molecule is COc1ccc(-c2nnc(NC(=O)COc3ccc(C(C)C)cc3Br)s2)cc1. The number of benzene rings is 2. The van der Waals surface area contributed by atoms with E-state index in [-0.39, 0.29) is 12.5 Å². The van der Waals surface area contributed by atoms with E-state index in [4.69, 9.17) is 9.47 Å². The smallest absolute Gasteiger partial charge is 0.264 e. The van der Waals surface area contributed by atoms with Crippen molar-refractivity contribution in [1.82, 2.24) is 10.2 Å². The fraction of sp³-hybridized carbons (Fsp3) is 0.250. The average Bonchev–Trinajstić information content (AvgIpc) is 3.15. The van der Waals surface area contributed by atoms with Crippen molar-refractivity contribution < 1.29 is 14.3 Å². The van der Waals surface area contributed by atoms with Gasteiger partial charge in [-0.1, -0.05) is 31.3 Å². The zero-order valence-corrected chi connectivity index (χ0v) is 18.1. The number of anilines is 1. The van der Waals surface area contributed by atoms with Gasteiger partial charge in [-0.05, 0) is 63.8 Å². The maximum Gasteiger partial charge on any atom is 0.264 e. The van der Waals surface area contributed by atoms with Crippen LogP contribution in [0.2, 0.25) is 0 Å². The maximum absolute atomic E-state index is 12.2. The number of halogens is 1. The molecule has 0 bridgehead atoms. The summed E-state index contributed by atoms with van der Waals surface area (Å²) in [5.41, 5.74) is 2.10. The van der Waals surface area contributed by atoms with E-state index in [0.717, 1.165) is 15.8 Å². The number of carbonyl (C=O) groups excluding carboxylic acids is 1. The Balaban J connectivity index is 1.57. The largest absolute Gasteiger partial charge is 0.497 e. The van der Waals surface area contributed by atoms with Gasteiger partial charge >= 0.3 is 0 Å². The van der Waals surface area contributed by atoms with Crippen LogP contribution in [0.5, 0.6) is 11.5 Å². The standard InChI is InChI=1S/C20H20BrN3O3S/c1-12(2)14-6-9-17(16(21)10-14)27-11-18(25)22-20-24-23-19(28-20)13-4-7-15(26-3)8-5-13/h4-10,12H,11H2,1-3H3,(H,22,24,25). The van der Waals surface area contributed by atoms with Crippen LogP contribution in [-0.4, -0.2) is 29.8 Å². The van der Waals surface area contributed by atoms with Crippen molar-refractivity contribution in [3.63, 3.8) is 0 Å². The molecular weight excluding hydrogens is 442 g/mol. The Labute approximate surface area is 176 Å². The van der Waals surface area contributed by atoms with Crippen LogP contribution in [0, 0.1) is 0 Å². The van der Waals surface area contributed by atoms with Crippen LogP contribution in [0.25, 0.3) is 10.6 Å². The molecule has 28 heavy (non-hydrogen) atoms. The number of nitrogens with one attached hydrogen (secondary N) is 1. The van der Waals surface area contributed by atoms with Crippen molar-refractivity contribution >= 4 is 38.3 Å². The zero-order valence-electron chi connectivity index (χ0n) is 15.7. The minimum atomic E-state index is -0.294. The second-order valence-corrected chi connectivity index (χ2v) is 8.15. The molecule has 1 aromatic heterocycles. The molecule has 0 unspecified atom stereocenters. The third kappa shape index (κ3) is 5.08. The van der Waals surface area contributed by atoms with Gasteiger partial charge in [0.1, 0.15) is 16.5 Å². The van der Waals surface area contributed by atoms with Gasteiger partial charge in [0.15, 0.2) is 6.61 Å². The highest BCUT2D eigenvalue weighted by atomic mass is 79.9. The molecule has 3 aromatic rings. The van der Waals surface area contributed by atoms with E-state index < -0.39 is 0 Å². The summed E-state index contributed by atoms with van der Waals surface area (Å²) >= 11 is 4.78. The lowest BCUT2D eigenvalue weighted by molar-refractivity contribution is -0.118. The molecule has 1 heterocycles. The molecule has 2 aromatic carbocycles. The predicted molar refractivity (Wildman–Crippen MR) is 114 cm³/mol. The number of ether oxygens (including phenoxy) is 2. The van der Waals surface area contributed by atoms with E-state index in [9.17, 15) is 4.79 Å². The molecule has 8 heteroatoms. The van der Waals surface area contributed by atoms with Gasteiger partial charge in [0.25, 0.3) is 5.91 Å². The number of hydrogen-bond donors (Lipinski definition) is 1. The van der Waals surface area contributed by atoms with E-state index in [1.807, 2.05) is 42.5 Å². The minimum absolute atomic E-state index is 0.114. The molecule has 3 rings (SSSR count). The molecule has 0 fully saturated rings. The van der Waals surface area contributed by atoms with E-state index in [1.54, 1.807) is 7.11 Å². The summed E-state index contributed by atoms with van der Waals surface area (Å²) in [6, 6.07) is 13.4. The van der Waals surface area contributed by atoms with Crippen LogP contribution in [0.15, 0.2) is 46.9 Å². The lowest BCUT2D eigenvalue weighted by atomic mass is 10.0. The average molecular weight is 462 g/mol. The van der Waals surface area contributed by atoms with Crippen molar-refractivity contribution in [2.75, 3.05) is 19.0 Å². The third-order valence-corrected chi connectivity index (χ3v) is 5.50. The van der Waals surface area contributed by atoms with Gasteiger partial charge in [-0.15, -0.1) is 10.2 Å². The van der Waals surface area contributed by atoms with Gasteiger partial charge in [-0.3, -0.25) is 10.1 Å². The van der Waals surface area contributed by atoms with Gasteiger partial charge in [0.2, 0.25) is 5.13 Å². The summed E-state index contributed by atoms with van der Waals surface area (Å²) in [6.07, 6.45) is 0. The Morgan fingerprint density at radius 1 is 1.18 bits per heavy atom. The molecular formula is C20H20BrN3O3S. The van der Waals surface area contributed by atoms with Crippen molar-refractivity contribution in [3.05, 3.63) is 52.5 Å². The Morgan fingerprint density at radius 2 is 1.93 bits per heavy atom. The number of carbonyl (C=O) groups is 1. The highest BCUT2D eigenvalue weighted by Gasteiger charge is 2.12. The van der Waals surface area contributed by atoms with Crippen LogP contribution in [0.1, 0.15) is 25.3 Å². The van der Waals surface area contributed by atoms with Crippen molar-refractivity contribution in [2.45, 2.75) is 19.8 Å². The first kappa shape index (κ1) is 20.3. The number of nitrogens with zero attached hydrogens (tertiary/aromatic N) is 2.